The van der Waals surface area contributed by atoms with Crippen LogP contribution in [0.25, 0.3) is 11.4 Å². The highest BCUT2D eigenvalue weighted by atomic mass is 32.1. The van der Waals surface area contributed by atoms with Gasteiger partial charge in [0.05, 0.1) is 6.54 Å². The van der Waals surface area contributed by atoms with E-state index in [4.69, 9.17) is 12.2 Å². The Morgan fingerprint density at radius 2 is 2.14 bits per heavy atom. The van der Waals surface area contributed by atoms with Crippen molar-refractivity contribution in [3.05, 3.63) is 34.9 Å². The molecule has 0 amide bonds. The highest BCUT2D eigenvalue weighted by molar-refractivity contribution is 7.71. The lowest BCUT2D eigenvalue weighted by molar-refractivity contribution is -0.931. The number of halogens is 1. The van der Waals surface area contributed by atoms with E-state index in [9.17, 15) is 9.50 Å². The van der Waals surface area contributed by atoms with Crippen LogP contribution < -0.4 is 4.90 Å². The van der Waals surface area contributed by atoms with Gasteiger partial charge in [-0.25, -0.2) is 4.39 Å². The molecule has 2 atom stereocenters. The van der Waals surface area contributed by atoms with Crippen molar-refractivity contribution >= 4 is 12.2 Å². The first-order valence-electron chi connectivity index (χ1n) is 7.46. The number of hydrogen-bond donors (Lipinski definition) is 2. The van der Waals surface area contributed by atoms with Crippen molar-refractivity contribution in [3.8, 4) is 11.4 Å². The second-order valence-electron chi connectivity index (χ2n) is 5.83. The molecule has 2 heterocycles. The SMILES string of the molecule is Cn1c(-c2ccc(F)cc2)nn(C[NH+]2CCC[C@@H](O)C2)c1=S. The Kier molecular flexibility index (Phi) is 4.37. The Morgan fingerprint density at radius 1 is 1.41 bits per heavy atom. The number of aliphatic hydroxyl groups excluding tert-OH is 1. The summed E-state index contributed by atoms with van der Waals surface area (Å²) in [4.78, 5) is 1.28. The average Bonchev–Trinajstić information content (AvgIpc) is 2.77. The van der Waals surface area contributed by atoms with Gasteiger partial charge in [0.2, 0.25) is 4.77 Å². The van der Waals surface area contributed by atoms with Crippen molar-refractivity contribution in [3.63, 3.8) is 0 Å². The molecule has 1 unspecified atom stereocenters. The maximum Gasteiger partial charge on any atom is 0.202 e. The lowest BCUT2D eigenvalue weighted by Crippen LogP contribution is -3.13. The molecule has 22 heavy (non-hydrogen) atoms. The fraction of sp³-hybridized carbons (Fsp3) is 0.467. The first-order chi connectivity index (χ1) is 10.5. The molecule has 1 aromatic carbocycles. The number of hydrogen-bond acceptors (Lipinski definition) is 3. The van der Waals surface area contributed by atoms with Crippen LogP contribution >= 0.6 is 12.2 Å². The minimum Gasteiger partial charge on any atom is -0.387 e. The van der Waals surface area contributed by atoms with Crippen LogP contribution in [0, 0.1) is 10.6 Å². The van der Waals surface area contributed by atoms with Crippen LogP contribution in [0.2, 0.25) is 0 Å². The second kappa shape index (κ2) is 6.28. The molecule has 5 nitrogen and oxygen atoms in total. The topological polar surface area (TPSA) is 47.4 Å². The Labute approximate surface area is 133 Å². The first-order valence-corrected chi connectivity index (χ1v) is 7.87. The number of rotatable bonds is 3. The van der Waals surface area contributed by atoms with E-state index in [2.05, 4.69) is 5.10 Å². The van der Waals surface area contributed by atoms with Gasteiger partial charge in [0, 0.05) is 12.6 Å². The van der Waals surface area contributed by atoms with Crippen molar-refractivity contribution < 1.29 is 14.4 Å². The fourth-order valence-electron chi connectivity index (χ4n) is 2.92. The monoisotopic (exact) mass is 323 g/mol. The first kappa shape index (κ1) is 15.3. The highest BCUT2D eigenvalue weighted by Crippen LogP contribution is 2.17. The summed E-state index contributed by atoms with van der Waals surface area (Å²) < 4.78 is 17.3. The van der Waals surface area contributed by atoms with Gasteiger partial charge in [0.25, 0.3) is 0 Å². The van der Waals surface area contributed by atoms with Gasteiger partial charge < -0.3 is 14.6 Å². The van der Waals surface area contributed by atoms with Crippen molar-refractivity contribution in [2.45, 2.75) is 25.6 Å². The third kappa shape index (κ3) is 3.11. The molecule has 1 saturated heterocycles. The summed E-state index contributed by atoms with van der Waals surface area (Å²) in [6, 6.07) is 6.25. The lowest BCUT2D eigenvalue weighted by Gasteiger charge is -2.26. The summed E-state index contributed by atoms with van der Waals surface area (Å²) in [7, 11) is 1.87. The zero-order valence-electron chi connectivity index (χ0n) is 12.5. The molecule has 0 aliphatic carbocycles. The second-order valence-corrected chi connectivity index (χ2v) is 6.20. The zero-order chi connectivity index (χ0) is 15.7. The Bertz CT molecular complexity index is 709. The normalized spacial score (nSPS) is 22.0. The van der Waals surface area contributed by atoms with E-state index in [0.29, 0.717) is 11.4 Å². The molecule has 1 aliphatic heterocycles. The van der Waals surface area contributed by atoms with E-state index in [1.165, 1.54) is 17.0 Å². The molecule has 2 N–H and O–H groups in total. The van der Waals surface area contributed by atoms with Crippen LogP contribution in [0.15, 0.2) is 24.3 Å². The molecular weight excluding hydrogens is 303 g/mol. The number of benzene rings is 1. The Morgan fingerprint density at radius 3 is 2.82 bits per heavy atom. The predicted octanol–water partition coefficient (Wildman–Crippen LogP) is 0.754. The van der Waals surface area contributed by atoms with Crippen molar-refractivity contribution in [2.24, 2.45) is 7.05 Å². The minimum atomic E-state index is -0.267. The van der Waals surface area contributed by atoms with E-state index in [-0.39, 0.29) is 11.9 Å². The van der Waals surface area contributed by atoms with Crippen LogP contribution in [-0.2, 0) is 13.7 Å². The molecule has 0 spiro atoms. The summed E-state index contributed by atoms with van der Waals surface area (Å²) in [6.45, 7) is 2.39. The number of aromatic nitrogens is 3. The van der Waals surface area contributed by atoms with Gasteiger partial charge in [-0.15, -0.1) is 5.10 Å². The molecule has 3 rings (SSSR count). The largest absolute Gasteiger partial charge is 0.387 e. The summed E-state index contributed by atoms with van der Waals surface area (Å²) in [5.41, 5.74) is 0.836. The third-order valence-corrected chi connectivity index (χ3v) is 4.59. The predicted molar refractivity (Wildman–Crippen MR) is 83.4 cm³/mol. The van der Waals surface area contributed by atoms with Gasteiger partial charge in [-0.1, -0.05) is 0 Å². The summed E-state index contributed by atoms with van der Waals surface area (Å²) in [5.74, 6) is 0.457. The van der Waals surface area contributed by atoms with Gasteiger partial charge in [-0.3, -0.25) is 0 Å². The van der Waals surface area contributed by atoms with Gasteiger partial charge in [-0.2, -0.15) is 4.68 Å². The Hall–Kier alpha value is -1.57. The molecule has 118 valence electrons. The summed E-state index contributed by atoms with van der Waals surface area (Å²) in [5, 5.41) is 14.4. The average molecular weight is 323 g/mol. The zero-order valence-corrected chi connectivity index (χ0v) is 13.3. The molecule has 1 fully saturated rings. The molecule has 2 aromatic rings. The number of likely N-dealkylation sites (tertiary alicyclic amines) is 1. The molecule has 0 saturated carbocycles. The highest BCUT2D eigenvalue weighted by Gasteiger charge is 2.22. The molecule has 7 heteroatoms. The molecule has 1 aliphatic rings. The maximum atomic E-state index is 13.1. The van der Waals surface area contributed by atoms with Crippen molar-refractivity contribution in [1.82, 2.24) is 14.3 Å². The minimum absolute atomic E-state index is 0.238. The van der Waals surface area contributed by atoms with Crippen LogP contribution in [0.4, 0.5) is 4.39 Å². The third-order valence-electron chi connectivity index (χ3n) is 4.11. The van der Waals surface area contributed by atoms with Crippen LogP contribution in [0.5, 0.6) is 0 Å². The van der Waals surface area contributed by atoms with E-state index in [0.717, 1.165) is 37.3 Å². The van der Waals surface area contributed by atoms with E-state index in [1.54, 1.807) is 16.8 Å². The Balaban J connectivity index is 1.86. The van der Waals surface area contributed by atoms with E-state index < -0.39 is 0 Å². The number of aliphatic hydroxyl groups is 1. The number of quaternary nitrogens is 1. The van der Waals surface area contributed by atoms with E-state index >= 15 is 0 Å². The molecular formula is C15H20FN4OS+. The van der Waals surface area contributed by atoms with Crippen molar-refractivity contribution in [1.29, 1.82) is 0 Å². The van der Waals surface area contributed by atoms with Gasteiger partial charge in [-0.05, 0) is 49.3 Å². The van der Waals surface area contributed by atoms with Crippen LogP contribution in [0.1, 0.15) is 12.8 Å². The summed E-state index contributed by atoms with van der Waals surface area (Å²) in [6.07, 6.45) is 1.65. The number of nitrogens with zero attached hydrogens (tertiary/aromatic N) is 3. The van der Waals surface area contributed by atoms with Crippen LogP contribution in [-0.4, -0.2) is 38.6 Å². The number of nitrogens with one attached hydrogen (secondary N) is 1. The van der Waals surface area contributed by atoms with E-state index in [1.807, 2.05) is 11.6 Å². The van der Waals surface area contributed by atoms with Gasteiger partial charge in [0.15, 0.2) is 12.5 Å². The van der Waals surface area contributed by atoms with Gasteiger partial charge in [0.1, 0.15) is 18.5 Å². The fourth-order valence-corrected chi connectivity index (χ4v) is 3.11. The lowest BCUT2D eigenvalue weighted by atomic mass is 10.1. The standard InChI is InChI=1S/C15H19FN4OS/c1-18-14(11-4-6-12(16)7-5-11)17-20(15(18)22)10-19-8-2-3-13(21)9-19/h4-7,13,21H,2-3,8-10H2,1H3/p+1/t13-/m1/s1. The number of piperidine rings is 1. The smallest absolute Gasteiger partial charge is 0.202 e. The molecule has 0 bridgehead atoms. The molecule has 1 aromatic heterocycles. The van der Waals surface area contributed by atoms with Gasteiger partial charge >= 0.3 is 0 Å². The molecule has 0 radical (unpaired) electrons. The van der Waals surface area contributed by atoms with Crippen LogP contribution in [0.3, 0.4) is 0 Å². The summed E-state index contributed by atoms with van der Waals surface area (Å²) >= 11 is 5.45. The maximum absolute atomic E-state index is 13.1. The van der Waals surface area contributed by atoms with Crippen molar-refractivity contribution in [2.75, 3.05) is 13.1 Å². The quantitative estimate of drug-likeness (QED) is 0.820.